The Morgan fingerprint density at radius 2 is 2.14 bits per heavy atom. The van der Waals surface area contributed by atoms with Gasteiger partial charge in [0.25, 0.3) is 0 Å². The summed E-state index contributed by atoms with van der Waals surface area (Å²) in [6.07, 6.45) is 1.14. The van der Waals surface area contributed by atoms with Crippen LogP contribution in [0.15, 0.2) is 30.6 Å². The van der Waals surface area contributed by atoms with Crippen molar-refractivity contribution >= 4 is 11.5 Å². The summed E-state index contributed by atoms with van der Waals surface area (Å²) in [5, 5.41) is 11.1. The second-order valence-corrected chi connectivity index (χ2v) is 4.61. The van der Waals surface area contributed by atoms with Crippen LogP contribution in [0.4, 0.5) is 11.5 Å². The van der Waals surface area contributed by atoms with Crippen LogP contribution in [0.25, 0.3) is 0 Å². The molecule has 0 bridgehead atoms. The predicted octanol–water partition coefficient (Wildman–Crippen LogP) is 2.59. The Morgan fingerprint density at radius 3 is 2.76 bits per heavy atom. The zero-order valence-electron chi connectivity index (χ0n) is 11.6. The van der Waals surface area contributed by atoms with Gasteiger partial charge in [-0.3, -0.25) is 10.1 Å². The van der Waals surface area contributed by atoms with Crippen molar-refractivity contribution in [2.75, 3.05) is 5.43 Å². The van der Waals surface area contributed by atoms with Crippen molar-refractivity contribution in [3.63, 3.8) is 0 Å². The molecule has 0 amide bonds. The van der Waals surface area contributed by atoms with Gasteiger partial charge in [-0.1, -0.05) is 26.0 Å². The Hall–Kier alpha value is -2.74. The van der Waals surface area contributed by atoms with Crippen molar-refractivity contribution in [1.29, 1.82) is 0 Å². The largest absolute Gasteiger partial charge is 0.434 e. The summed E-state index contributed by atoms with van der Waals surface area (Å²) in [6, 6.07) is 7.29. The Bertz CT molecular complexity index is 660. The average Bonchev–Trinajstić information content (AvgIpc) is 2.46. The van der Waals surface area contributed by atoms with E-state index < -0.39 is 10.6 Å². The van der Waals surface area contributed by atoms with Crippen molar-refractivity contribution in [2.45, 2.75) is 19.8 Å². The lowest BCUT2D eigenvalue weighted by molar-refractivity contribution is -0.385. The van der Waals surface area contributed by atoms with Crippen molar-refractivity contribution in [3.8, 4) is 11.6 Å². The van der Waals surface area contributed by atoms with Gasteiger partial charge in [-0.25, -0.2) is 10.8 Å². The minimum atomic E-state index is -0.642. The quantitative estimate of drug-likeness (QED) is 0.493. The second kappa shape index (κ2) is 6.14. The standard InChI is InChI=1S/C13H15N5O3/c1-8(2)9-4-3-5-10(6-9)21-13-11(18(19)20)12(17-14)15-7-16-13/h3-8H,14H2,1-2H3,(H,15,16,17). The molecule has 0 aliphatic carbocycles. The number of nitrogens with zero attached hydrogens (tertiary/aromatic N) is 3. The zero-order valence-corrected chi connectivity index (χ0v) is 11.6. The highest BCUT2D eigenvalue weighted by Crippen LogP contribution is 2.34. The molecule has 2 aromatic rings. The van der Waals surface area contributed by atoms with Gasteiger partial charge in [0.1, 0.15) is 12.1 Å². The first kappa shape index (κ1) is 14.7. The van der Waals surface area contributed by atoms with Gasteiger partial charge in [0, 0.05) is 0 Å². The van der Waals surface area contributed by atoms with Gasteiger partial charge in [-0.15, -0.1) is 0 Å². The summed E-state index contributed by atoms with van der Waals surface area (Å²) < 4.78 is 5.52. The van der Waals surface area contributed by atoms with E-state index in [-0.39, 0.29) is 11.7 Å². The van der Waals surface area contributed by atoms with Gasteiger partial charge in [0.05, 0.1) is 4.92 Å². The summed E-state index contributed by atoms with van der Waals surface area (Å²) in [4.78, 5) is 18.0. The van der Waals surface area contributed by atoms with Crippen LogP contribution in [0.3, 0.4) is 0 Å². The van der Waals surface area contributed by atoms with Crippen LogP contribution in [-0.2, 0) is 0 Å². The van der Waals surface area contributed by atoms with Gasteiger partial charge in [-0.2, -0.15) is 4.98 Å². The van der Waals surface area contributed by atoms with Crippen LogP contribution in [-0.4, -0.2) is 14.9 Å². The predicted molar refractivity (Wildman–Crippen MR) is 77.1 cm³/mol. The number of hydrogen-bond acceptors (Lipinski definition) is 7. The van der Waals surface area contributed by atoms with E-state index in [2.05, 4.69) is 15.4 Å². The summed E-state index contributed by atoms with van der Waals surface area (Å²) >= 11 is 0. The molecule has 110 valence electrons. The molecule has 0 fully saturated rings. The topological polar surface area (TPSA) is 116 Å². The molecule has 0 aliphatic rings. The normalized spacial score (nSPS) is 10.5. The minimum absolute atomic E-state index is 0.106. The number of rotatable bonds is 5. The van der Waals surface area contributed by atoms with Crippen LogP contribution < -0.4 is 16.0 Å². The number of nitrogens with one attached hydrogen (secondary N) is 1. The SMILES string of the molecule is CC(C)c1cccc(Oc2ncnc(NN)c2[N+](=O)[O-])c1. The van der Waals surface area contributed by atoms with Crippen LogP contribution in [0.1, 0.15) is 25.3 Å². The fourth-order valence-electron chi connectivity index (χ4n) is 1.76. The first-order valence-corrected chi connectivity index (χ1v) is 6.26. The van der Waals surface area contributed by atoms with Crippen LogP contribution >= 0.6 is 0 Å². The molecule has 0 unspecified atom stereocenters. The maximum atomic E-state index is 11.1. The molecule has 1 aromatic heterocycles. The highest BCUT2D eigenvalue weighted by Gasteiger charge is 2.24. The molecular formula is C13H15N5O3. The molecule has 0 radical (unpaired) electrons. The van der Waals surface area contributed by atoms with Crippen molar-refractivity contribution in [3.05, 3.63) is 46.3 Å². The van der Waals surface area contributed by atoms with E-state index >= 15 is 0 Å². The molecule has 0 spiro atoms. The molecule has 3 N–H and O–H groups in total. The number of hydrogen-bond donors (Lipinski definition) is 2. The smallest absolute Gasteiger partial charge is 0.374 e. The number of nitro groups is 1. The summed E-state index contributed by atoms with van der Waals surface area (Å²) in [7, 11) is 0. The molecule has 0 saturated heterocycles. The molecule has 1 aromatic carbocycles. The van der Waals surface area contributed by atoms with Crippen LogP contribution in [0.2, 0.25) is 0 Å². The van der Waals surface area contributed by atoms with Crippen molar-refractivity contribution in [2.24, 2.45) is 5.84 Å². The molecule has 2 rings (SSSR count). The third kappa shape index (κ3) is 3.23. The number of ether oxygens (including phenoxy) is 1. The lowest BCUT2D eigenvalue weighted by Gasteiger charge is -2.10. The van der Waals surface area contributed by atoms with Gasteiger partial charge in [0.2, 0.25) is 5.82 Å². The van der Waals surface area contributed by atoms with E-state index in [0.29, 0.717) is 11.7 Å². The molecule has 0 saturated carbocycles. The molecule has 21 heavy (non-hydrogen) atoms. The van der Waals surface area contributed by atoms with E-state index in [0.717, 1.165) is 11.9 Å². The average molecular weight is 289 g/mol. The minimum Gasteiger partial charge on any atom is -0.434 e. The molecule has 1 heterocycles. The molecule has 8 heteroatoms. The highest BCUT2D eigenvalue weighted by atomic mass is 16.6. The summed E-state index contributed by atoms with van der Waals surface area (Å²) in [6.45, 7) is 4.09. The number of aromatic nitrogens is 2. The van der Waals surface area contributed by atoms with E-state index in [1.165, 1.54) is 0 Å². The highest BCUT2D eigenvalue weighted by molar-refractivity contribution is 5.61. The first-order chi connectivity index (χ1) is 10.0. The second-order valence-electron chi connectivity index (χ2n) is 4.61. The van der Waals surface area contributed by atoms with E-state index in [1.807, 2.05) is 32.0 Å². The van der Waals surface area contributed by atoms with E-state index in [1.54, 1.807) is 6.07 Å². The first-order valence-electron chi connectivity index (χ1n) is 6.26. The lowest BCUT2D eigenvalue weighted by Crippen LogP contribution is -2.12. The van der Waals surface area contributed by atoms with E-state index in [4.69, 9.17) is 10.6 Å². The Kier molecular flexibility index (Phi) is 4.29. The fourth-order valence-corrected chi connectivity index (χ4v) is 1.76. The number of nitrogen functional groups attached to an aromatic ring is 1. The van der Waals surface area contributed by atoms with Gasteiger partial charge >= 0.3 is 11.6 Å². The number of benzene rings is 1. The molecule has 0 aliphatic heterocycles. The Labute approximate surface area is 121 Å². The molecular weight excluding hydrogens is 274 g/mol. The molecule has 8 nitrogen and oxygen atoms in total. The Morgan fingerprint density at radius 1 is 1.38 bits per heavy atom. The maximum Gasteiger partial charge on any atom is 0.374 e. The summed E-state index contributed by atoms with van der Waals surface area (Å²) in [5.74, 6) is 5.72. The monoisotopic (exact) mass is 289 g/mol. The van der Waals surface area contributed by atoms with Gasteiger partial charge in [0.15, 0.2) is 0 Å². The van der Waals surface area contributed by atoms with Gasteiger partial charge < -0.3 is 10.2 Å². The number of anilines is 1. The third-order valence-electron chi connectivity index (χ3n) is 2.85. The summed E-state index contributed by atoms with van der Waals surface area (Å²) in [5.41, 5.74) is 2.81. The number of hydrazine groups is 1. The maximum absolute atomic E-state index is 11.1. The fraction of sp³-hybridized carbons (Fsp3) is 0.231. The third-order valence-corrected chi connectivity index (χ3v) is 2.85. The van der Waals surface area contributed by atoms with Crippen LogP contribution in [0, 0.1) is 10.1 Å². The van der Waals surface area contributed by atoms with Crippen molar-refractivity contribution in [1.82, 2.24) is 9.97 Å². The number of nitrogens with two attached hydrogens (primary N) is 1. The van der Waals surface area contributed by atoms with Crippen molar-refractivity contribution < 1.29 is 9.66 Å². The van der Waals surface area contributed by atoms with Crippen LogP contribution in [0.5, 0.6) is 11.6 Å². The lowest BCUT2D eigenvalue weighted by atomic mass is 10.0. The zero-order chi connectivity index (χ0) is 15.4. The van der Waals surface area contributed by atoms with E-state index in [9.17, 15) is 10.1 Å². The van der Waals surface area contributed by atoms with Gasteiger partial charge in [-0.05, 0) is 23.6 Å². The Balaban J connectivity index is 2.40. The molecule has 0 atom stereocenters.